The predicted octanol–water partition coefficient (Wildman–Crippen LogP) is 2.43. The number of carboxylic acid groups (broad SMARTS) is 1. The van der Waals surface area contributed by atoms with Gasteiger partial charge in [-0.1, -0.05) is 15.9 Å². The fraction of sp³-hybridized carbons (Fsp3) is 0.385. The zero-order valence-electron chi connectivity index (χ0n) is 9.85. The standard InChI is InChI=1S/C13H13BrO4/c1-7-4-9-5-8(2-3-11(9)18-7)13(17)10(14)6-12(15)16/h2-3,5,7,10H,4,6H2,1H3,(H,15,16). The quantitative estimate of drug-likeness (QED) is 0.685. The van der Waals surface area contributed by atoms with Crippen LogP contribution in [-0.2, 0) is 11.2 Å². The molecule has 1 aromatic rings. The molecule has 0 aromatic heterocycles. The third kappa shape index (κ3) is 2.72. The van der Waals surface area contributed by atoms with Crippen molar-refractivity contribution < 1.29 is 19.4 Å². The summed E-state index contributed by atoms with van der Waals surface area (Å²) in [5.74, 6) is -0.397. The summed E-state index contributed by atoms with van der Waals surface area (Å²) < 4.78 is 5.55. The number of carbonyl (C=O) groups excluding carboxylic acids is 1. The van der Waals surface area contributed by atoms with Crippen LogP contribution in [0.2, 0.25) is 0 Å². The molecule has 0 bridgehead atoms. The van der Waals surface area contributed by atoms with Gasteiger partial charge in [0.15, 0.2) is 5.78 Å². The van der Waals surface area contributed by atoms with Gasteiger partial charge in [-0.25, -0.2) is 0 Å². The number of benzene rings is 1. The summed E-state index contributed by atoms with van der Waals surface area (Å²) in [6.07, 6.45) is 0.690. The molecule has 0 spiro atoms. The van der Waals surface area contributed by atoms with Crippen LogP contribution in [0.1, 0.15) is 29.3 Å². The first kappa shape index (κ1) is 13.1. The average Bonchev–Trinajstić information content (AvgIpc) is 2.65. The highest BCUT2D eigenvalue weighted by molar-refractivity contribution is 9.10. The lowest BCUT2D eigenvalue weighted by molar-refractivity contribution is -0.136. The molecule has 1 aromatic carbocycles. The minimum atomic E-state index is -0.997. The van der Waals surface area contributed by atoms with Crippen LogP contribution in [-0.4, -0.2) is 27.8 Å². The summed E-state index contributed by atoms with van der Waals surface area (Å²) in [4.78, 5) is 21.9. The summed E-state index contributed by atoms with van der Waals surface area (Å²) in [6, 6.07) is 5.24. The number of ether oxygens (including phenoxy) is 1. The van der Waals surface area contributed by atoms with Gasteiger partial charge in [0.1, 0.15) is 11.9 Å². The van der Waals surface area contributed by atoms with Gasteiger partial charge in [0, 0.05) is 12.0 Å². The molecule has 18 heavy (non-hydrogen) atoms. The lowest BCUT2D eigenvalue weighted by atomic mass is 10.0. The van der Waals surface area contributed by atoms with E-state index in [2.05, 4.69) is 15.9 Å². The fourth-order valence-corrected chi connectivity index (χ4v) is 2.54. The van der Waals surface area contributed by atoms with E-state index in [1.165, 1.54) is 0 Å². The van der Waals surface area contributed by atoms with Crippen LogP contribution < -0.4 is 4.74 Å². The Balaban J connectivity index is 2.17. The number of fused-ring (bicyclic) bond motifs is 1. The second-order valence-electron chi connectivity index (χ2n) is 4.38. The van der Waals surface area contributed by atoms with Crippen LogP contribution in [0.5, 0.6) is 5.75 Å². The van der Waals surface area contributed by atoms with Gasteiger partial charge in [-0.05, 0) is 30.7 Å². The molecule has 0 radical (unpaired) electrons. The van der Waals surface area contributed by atoms with Crippen LogP contribution in [0.4, 0.5) is 0 Å². The van der Waals surface area contributed by atoms with Crippen molar-refractivity contribution in [3.8, 4) is 5.75 Å². The van der Waals surface area contributed by atoms with E-state index in [1.54, 1.807) is 18.2 Å². The van der Waals surface area contributed by atoms with Crippen LogP contribution >= 0.6 is 15.9 Å². The molecule has 0 fully saturated rings. The lowest BCUT2D eigenvalue weighted by Gasteiger charge is -2.07. The van der Waals surface area contributed by atoms with Crippen molar-refractivity contribution in [2.45, 2.75) is 30.7 Å². The Morgan fingerprint density at radius 2 is 2.28 bits per heavy atom. The maximum Gasteiger partial charge on any atom is 0.304 e. The highest BCUT2D eigenvalue weighted by Crippen LogP contribution is 2.30. The van der Waals surface area contributed by atoms with Gasteiger partial charge in [-0.3, -0.25) is 9.59 Å². The largest absolute Gasteiger partial charge is 0.490 e. The number of halogens is 1. The molecule has 96 valence electrons. The molecule has 2 unspecified atom stereocenters. The summed E-state index contributed by atoms with van der Waals surface area (Å²) in [6.45, 7) is 1.97. The Kier molecular flexibility index (Phi) is 3.71. The van der Waals surface area contributed by atoms with Gasteiger partial charge in [0.05, 0.1) is 11.2 Å². The predicted molar refractivity (Wildman–Crippen MR) is 69.5 cm³/mol. The van der Waals surface area contributed by atoms with Gasteiger partial charge >= 0.3 is 5.97 Å². The van der Waals surface area contributed by atoms with Gasteiger partial charge in [-0.2, -0.15) is 0 Å². The second kappa shape index (κ2) is 5.10. The van der Waals surface area contributed by atoms with Crippen molar-refractivity contribution in [2.75, 3.05) is 0 Å². The van der Waals surface area contributed by atoms with Crippen LogP contribution in [0, 0.1) is 0 Å². The molecule has 0 saturated carbocycles. The number of carboxylic acids is 1. The summed E-state index contributed by atoms with van der Waals surface area (Å²) >= 11 is 3.11. The molecule has 1 aliphatic heterocycles. The van der Waals surface area contributed by atoms with Crippen molar-refractivity contribution in [3.05, 3.63) is 29.3 Å². The van der Waals surface area contributed by atoms with Gasteiger partial charge < -0.3 is 9.84 Å². The Morgan fingerprint density at radius 3 is 2.94 bits per heavy atom. The van der Waals surface area contributed by atoms with Gasteiger partial charge in [-0.15, -0.1) is 0 Å². The molecule has 2 rings (SSSR count). The van der Waals surface area contributed by atoms with Gasteiger partial charge in [0.25, 0.3) is 0 Å². The first-order chi connectivity index (χ1) is 8.47. The zero-order valence-corrected chi connectivity index (χ0v) is 11.4. The average molecular weight is 313 g/mol. The SMILES string of the molecule is CC1Cc2cc(C(=O)C(Br)CC(=O)O)ccc2O1. The highest BCUT2D eigenvalue weighted by Gasteiger charge is 2.24. The second-order valence-corrected chi connectivity index (χ2v) is 5.49. The molecule has 1 heterocycles. The van der Waals surface area contributed by atoms with Crippen molar-refractivity contribution in [1.82, 2.24) is 0 Å². The molecular weight excluding hydrogens is 300 g/mol. The molecule has 5 heteroatoms. The molecule has 0 saturated heterocycles. The van der Waals surface area contributed by atoms with Gasteiger partial charge in [0.2, 0.25) is 0 Å². The summed E-state index contributed by atoms with van der Waals surface area (Å²) in [5, 5.41) is 8.67. The minimum absolute atomic E-state index is 0.129. The number of carbonyl (C=O) groups is 2. The van der Waals surface area contributed by atoms with E-state index in [-0.39, 0.29) is 18.3 Å². The monoisotopic (exact) mass is 312 g/mol. The number of alkyl halides is 1. The van der Waals surface area contributed by atoms with E-state index in [0.29, 0.717) is 5.56 Å². The van der Waals surface area contributed by atoms with Crippen LogP contribution in [0.25, 0.3) is 0 Å². The third-order valence-electron chi connectivity index (χ3n) is 2.82. The van der Waals surface area contributed by atoms with Crippen molar-refractivity contribution in [2.24, 2.45) is 0 Å². The summed E-state index contributed by atoms with van der Waals surface area (Å²) in [5.41, 5.74) is 1.53. The number of Topliss-reactive ketones (excluding diaryl/α,β-unsaturated/α-hetero) is 1. The first-order valence-electron chi connectivity index (χ1n) is 5.67. The number of aliphatic carboxylic acids is 1. The number of ketones is 1. The van der Waals surface area contributed by atoms with Crippen molar-refractivity contribution >= 4 is 27.7 Å². The fourth-order valence-electron chi connectivity index (χ4n) is 2.00. The maximum atomic E-state index is 12.0. The molecule has 2 atom stereocenters. The number of hydrogen-bond donors (Lipinski definition) is 1. The van der Waals surface area contributed by atoms with E-state index in [9.17, 15) is 9.59 Å². The normalized spacial score (nSPS) is 18.9. The Bertz CT molecular complexity index is 498. The third-order valence-corrected chi connectivity index (χ3v) is 3.56. The Hall–Kier alpha value is -1.36. The van der Waals surface area contributed by atoms with E-state index >= 15 is 0 Å². The molecular formula is C13H13BrO4. The zero-order chi connectivity index (χ0) is 13.3. The molecule has 1 aliphatic rings. The van der Waals surface area contributed by atoms with Crippen molar-refractivity contribution in [3.63, 3.8) is 0 Å². The highest BCUT2D eigenvalue weighted by atomic mass is 79.9. The molecule has 0 aliphatic carbocycles. The topological polar surface area (TPSA) is 63.6 Å². The Morgan fingerprint density at radius 1 is 1.56 bits per heavy atom. The first-order valence-corrected chi connectivity index (χ1v) is 6.58. The molecule has 1 N–H and O–H groups in total. The smallest absolute Gasteiger partial charge is 0.304 e. The maximum absolute atomic E-state index is 12.0. The molecule has 0 amide bonds. The number of hydrogen-bond acceptors (Lipinski definition) is 3. The van der Waals surface area contributed by atoms with Crippen LogP contribution in [0.15, 0.2) is 18.2 Å². The van der Waals surface area contributed by atoms with Crippen LogP contribution in [0.3, 0.4) is 0 Å². The van der Waals surface area contributed by atoms with Crippen molar-refractivity contribution in [1.29, 1.82) is 0 Å². The van der Waals surface area contributed by atoms with E-state index in [1.807, 2.05) is 6.92 Å². The lowest BCUT2D eigenvalue weighted by Crippen LogP contribution is -2.18. The van der Waals surface area contributed by atoms with E-state index < -0.39 is 10.8 Å². The van der Waals surface area contributed by atoms with E-state index in [0.717, 1.165) is 17.7 Å². The molecule has 4 nitrogen and oxygen atoms in total. The summed E-state index contributed by atoms with van der Waals surface area (Å²) in [7, 11) is 0. The number of rotatable bonds is 4. The Labute approximate surface area is 113 Å². The minimum Gasteiger partial charge on any atom is -0.490 e. The van der Waals surface area contributed by atoms with E-state index in [4.69, 9.17) is 9.84 Å².